The van der Waals surface area contributed by atoms with Crippen LogP contribution in [0.1, 0.15) is 63.5 Å². The van der Waals surface area contributed by atoms with Gasteiger partial charge in [-0.25, -0.2) is 0 Å². The van der Waals surface area contributed by atoms with E-state index in [1.165, 1.54) is 19.3 Å². The molecule has 0 aromatic carbocycles. The Morgan fingerprint density at radius 1 is 0.933 bits per heavy atom. The second-order valence-electron chi connectivity index (χ2n) is 9.26. The maximum atomic E-state index is 12.8. The molecule has 3 heterocycles. The highest BCUT2D eigenvalue weighted by Gasteiger charge is 2.34. The lowest BCUT2D eigenvalue weighted by atomic mass is 9.87. The lowest BCUT2D eigenvalue weighted by Crippen LogP contribution is -2.52. The van der Waals surface area contributed by atoms with Crippen LogP contribution in [0.5, 0.6) is 0 Å². The molecule has 3 fully saturated rings. The maximum Gasteiger partial charge on any atom is 0.225 e. The zero-order chi connectivity index (χ0) is 20.8. The smallest absolute Gasteiger partial charge is 0.225 e. The summed E-state index contributed by atoms with van der Waals surface area (Å²) in [4.78, 5) is 34.4. The molecule has 2 amide bonds. The number of nitrogens with zero attached hydrogens (tertiary/aromatic N) is 3. The Morgan fingerprint density at radius 2 is 1.70 bits per heavy atom. The second-order valence-corrected chi connectivity index (χ2v) is 9.26. The number of aromatic nitrogens is 1. The van der Waals surface area contributed by atoms with Gasteiger partial charge >= 0.3 is 0 Å². The molecule has 6 nitrogen and oxygen atoms in total. The summed E-state index contributed by atoms with van der Waals surface area (Å²) in [7, 11) is 0. The molecule has 0 bridgehead atoms. The fraction of sp³-hybridized carbons (Fsp3) is 0.708. The van der Waals surface area contributed by atoms with Crippen LogP contribution in [0.2, 0.25) is 0 Å². The predicted octanol–water partition coefficient (Wildman–Crippen LogP) is 2.98. The van der Waals surface area contributed by atoms with Crippen LogP contribution in [0.25, 0.3) is 0 Å². The highest BCUT2D eigenvalue weighted by atomic mass is 16.2. The number of pyridine rings is 1. The Bertz CT molecular complexity index is 696. The van der Waals surface area contributed by atoms with Crippen molar-refractivity contribution in [2.75, 3.05) is 26.2 Å². The molecule has 1 unspecified atom stereocenters. The molecule has 1 saturated carbocycles. The maximum absolute atomic E-state index is 12.8. The van der Waals surface area contributed by atoms with Crippen LogP contribution in [0.4, 0.5) is 0 Å². The lowest BCUT2D eigenvalue weighted by molar-refractivity contribution is -0.138. The number of hydrogen-bond donors (Lipinski definition) is 1. The zero-order valence-electron chi connectivity index (χ0n) is 18.1. The van der Waals surface area contributed by atoms with Crippen LogP contribution in [0, 0.1) is 11.8 Å². The lowest BCUT2D eigenvalue weighted by Gasteiger charge is -2.42. The minimum atomic E-state index is 0.0596. The number of likely N-dealkylation sites (tertiary alicyclic amines) is 2. The van der Waals surface area contributed by atoms with Gasteiger partial charge in [0.05, 0.1) is 18.2 Å². The van der Waals surface area contributed by atoms with Crippen LogP contribution in [0.15, 0.2) is 24.4 Å². The van der Waals surface area contributed by atoms with E-state index in [0.717, 1.165) is 70.4 Å². The summed E-state index contributed by atoms with van der Waals surface area (Å²) in [5.41, 5.74) is 0.897. The van der Waals surface area contributed by atoms with Gasteiger partial charge in [-0.3, -0.25) is 19.5 Å². The molecular weight excluding hydrogens is 376 g/mol. The standard InChI is InChI=1S/C24H36N4O2/c29-23(26-17-21-10-4-5-13-25-21)20-9-6-14-28(18-20)22-11-15-27(16-12-22)24(30)19-7-2-1-3-8-19/h4-5,10,13,19-20,22H,1-3,6-9,11-12,14-18H2,(H,26,29). The highest BCUT2D eigenvalue weighted by molar-refractivity contribution is 5.79. The largest absolute Gasteiger partial charge is 0.350 e. The van der Waals surface area contributed by atoms with E-state index in [9.17, 15) is 9.59 Å². The molecule has 1 aromatic rings. The number of nitrogens with one attached hydrogen (secondary N) is 1. The molecule has 3 aliphatic rings. The molecule has 1 aliphatic carbocycles. The van der Waals surface area contributed by atoms with Crippen molar-refractivity contribution in [1.82, 2.24) is 20.1 Å². The molecule has 1 atom stereocenters. The molecule has 2 aliphatic heterocycles. The van der Waals surface area contributed by atoms with E-state index in [4.69, 9.17) is 0 Å². The van der Waals surface area contributed by atoms with Gasteiger partial charge in [0.1, 0.15) is 0 Å². The summed E-state index contributed by atoms with van der Waals surface area (Å²) in [6, 6.07) is 6.28. The van der Waals surface area contributed by atoms with Gasteiger partial charge in [0.15, 0.2) is 0 Å². The fourth-order valence-corrected chi connectivity index (χ4v) is 5.44. The first-order valence-electron chi connectivity index (χ1n) is 11.9. The molecule has 1 N–H and O–H groups in total. The Labute approximate surface area is 180 Å². The highest BCUT2D eigenvalue weighted by Crippen LogP contribution is 2.28. The third-order valence-electron chi connectivity index (χ3n) is 7.24. The van der Waals surface area contributed by atoms with Crippen LogP contribution < -0.4 is 5.32 Å². The average molecular weight is 413 g/mol. The Balaban J connectivity index is 1.23. The van der Waals surface area contributed by atoms with Gasteiger partial charge in [0.2, 0.25) is 11.8 Å². The summed E-state index contributed by atoms with van der Waals surface area (Å²) in [6.45, 7) is 4.18. The molecule has 0 radical (unpaired) electrons. The van der Waals surface area contributed by atoms with Crippen molar-refractivity contribution >= 4 is 11.8 Å². The first kappa shape index (κ1) is 21.3. The summed E-state index contributed by atoms with van der Waals surface area (Å²) < 4.78 is 0. The molecule has 6 heteroatoms. The summed E-state index contributed by atoms with van der Waals surface area (Å²) in [5.74, 6) is 0.885. The number of hydrogen-bond acceptors (Lipinski definition) is 4. The fourth-order valence-electron chi connectivity index (χ4n) is 5.44. The predicted molar refractivity (Wildman–Crippen MR) is 117 cm³/mol. The Kier molecular flexibility index (Phi) is 7.37. The van der Waals surface area contributed by atoms with Crippen molar-refractivity contribution in [3.8, 4) is 0 Å². The van der Waals surface area contributed by atoms with Crippen LogP contribution in [-0.2, 0) is 16.1 Å². The van der Waals surface area contributed by atoms with E-state index in [0.29, 0.717) is 18.5 Å². The molecule has 2 saturated heterocycles. The number of rotatable bonds is 5. The van der Waals surface area contributed by atoms with Gasteiger partial charge < -0.3 is 10.2 Å². The van der Waals surface area contributed by atoms with Gasteiger partial charge in [0, 0.05) is 37.8 Å². The van der Waals surface area contributed by atoms with Crippen molar-refractivity contribution in [2.45, 2.75) is 70.4 Å². The summed E-state index contributed by atoms with van der Waals surface area (Å²) in [6.07, 6.45) is 11.8. The minimum Gasteiger partial charge on any atom is -0.350 e. The number of amides is 2. The number of piperidine rings is 2. The van der Waals surface area contributed by atoms with E-state index >= 15 is 0 Å². The van der Waals surface area contributed by atoms with E-state index in [-0.39, 0.29) is 17.7 Å². The van der Waals surface area contributed by atoms with Crippen molar-refractivity contribution in [2.24, 2.45) is 11.8 Å². The van der Waals surface area contributed by atoms with Gasteiger partial charge in [-0.05, 0) is 57.2 Å². The molecule has 30 heavy (non-hydrogen) atoms. The second kappa shape index (κ2) is 10.4. The van der Waals surface area contributed by atoms with Crippen molar-refractivity contribution in [1.29, 1.82) is 0 Å². The topological polar surface area (TPSA) is 65.5 Å². The number of carbonyl (C=O) groups excluding carboxylic acids is 2. The third kappa shape index (κ3) is 5.39. The monoisotopic (exact) mass is 412 g/mol. The Morgan fingerprint density at radius 3 is 2.43 bits per heavy atom. The molecule has 0 spiro atoms. The average Bonchev–Trinajstić information content (AvgIpc) is 2.83. The van der Waals surface area contributed by atoms with E-state index < -0.39 is 0 Å². The zero-order valence-corrected chi connectivity index (χ0v) is 18.1. The van der Waals surface area contributed by atoms with Crippen molar-refractivity contribution < 1.29 is 9.59 Å². The van der Waals surface area contributed by atoms with Crippen molar-refractivity contribution in [3.63, 3.8) is 0 Å². The van der Waals surface area contributed by atoms with Gasteiger partial charge in [-0.2, -0.15) is 0 Å². The first-order valence-corrected chi connectivity index (χ1v) is 11.9. The molecule has 1 aromatic heterocycles. The van der Waals surface area contributed by atoms with Crippen LogP contribution in [-0.4, -0.2) is 58.8 Å². The van der Waals surface area contributed by atoms with Crippen molar-refractivity contribution in [3.05, 3.63) is 30.1 Å². The number of carbonyl (C=O) groups is 2. The SMILES string of the molecule is O=C(NCc1ccccn1)C1CCCN(C2CCN(C(=O)C3CCCCC3)CC2)C1. The van der Waals surface area contributed by atoms with Crippen LogP contribution >= 0.6 is 0 Å². The normalized spacial score (nSPS) is 24.5. The van der Waals surface area contributed by atoms with E-state index in [1.807, 2.05) is 18.2 Å². The summed E-state index contributed by atoms with van der Waals surface area (Å²) in [5, 5.41) is 3.07. The first-order chi connectivity index (χ1) is 14.7. The summed E-state index contributed by atoms with van der Waals surface area (Å²) >= 11 is 0. The molecule has 164 valence electrons. The quantitative estimate of drug-likeness (QED) is 0.807. The molecule has 4 rings (SSSR count). The van der Waals surface area contributed by atoms with E-state index in [2.05, 4.69) is 20.1 Å². The van der Waals surface area contributed by atoms with Gasteiger partial charge in [0.25, 0.3) is 0 Å². The molecular formula is C24H36N4O2. The van der Waals surface area contributed by atoms with Gasteiger partial charge in [-0.1, -0.05) is 25.3 Å². The van der Waals surface area contributed by atoms with Crippen LogP contribution in [0.3, 0.4) is 0 Å². The third-order valence-corrected chi connectivity index (χ3v) is 7.24. The van der Waals surface area contributed by atoms with Gasteiger partial charge in [-0.15, -0.1) is 0 Å². The van der Waals surface area contributed by atoms with E-state index in [1.54, 1.807) is 6.20 Å². The Hall–Kier alpha value is -1.95. The minimum absolute atomic E-state index is 0.0596.